The maximum Gasteiger partial charge on any atom is 0.201 e. The van der Waals surface area contributed by atoms with E-state index in [0.717, 1.165) is 11.1 Å². The SMILES string of the molecule is O=C(c1ccccc1)C1(c2ccccc2)COC(C/C=C/c2ccccc2)O1. The van der Waals surface area contributed by atoms with E-state index in [1.54, 1.807) is 0 Å². The number of hydrogen-bond acceptors (Lipinski definition) is 3. The average Bonchev–Trinajstić information content (AvgIpc) is 3.21. The Balaban J connectivity index is 1.56. The first-order valence-corrected chi connectivity index (χ1v) is 9.44. The molecule has 1 fully saturated rings. The lowest BCUT2D eigenvalue weighted by Crippen LogP contribution is -2.39. The summed E-state index contributed by atoms with van der Waals surface area (Å²) < 4.78 is 12.2. The molecule has 4 rings (SSSR count). The van der Waals surface area contributed by atoms with Gasteiger partial charge in [-0.15, -0.1) is 0 Å². The van der Waals surface area contributed by atoms with Crippen LogP contribution in [0, 0.1) is 0 Å². The average molecular weight is 370 g/mol. The molecule has 2 unspecified atom stereocenters. The van der Waals surface area contributed by atoms with Gasteiger partial charge in [-0.2, -0.15) is 0 Å². The van der Waals surface area contributed by atoms with Gasteiger partial charge >= 0.3 is 0 Å². The van der Waals surface area contributed by atoms with E-state index in [1.165, 1.54) is 0 Å². The molecule has 1 saturated heterocycles. The van der Waals surface area contributed by atoms with Crippen LogP contribution in [0.3, 0.4) is 0 Å². The highest BCUT2D eigenvalue weighted by Gasteiger charge is 2.49. The molecule has 0 radical (unpaired) electrons. The van der Waals surface area contributed by atoms with Gasteiger partial charge in [0.2, 0.25) is 5.78 Å². The first-order chi connectivity index (χ1) is 13.8. The van der Waals surface area contributed by atoms with E-state index in [4.69, 9.17) is 9.47 Å². The van der Waals surface area contributed by atoms with Crippen molar-refractivity contribution in [2.24, 2.45) is 0 Å². The van der Waals surface area contributed by atoms with Crippen LogP contribution in [0.15, 0.2) is 97.1 Å². The minimum Gasteiger partial charge on any atom is -0.348 e. The van der Waals surface area contributed by atoms with Gasteiger partial charge in [-0.3, -0.25) is 4.79 Å². The summed E-state index contributed by atoms with van der Waals surface area (Å²) in [5, 5.41) is 0. The predicted octanol–water partition coefficient (Wildman–Crippen LogP) is 5.24. The molecule has 0 bridgehead atoms. The fraction of sp³-hybridized carbons (Fsp3) is 0.160. The van der Waals surface area contributed by atoms with Crippen LogP contribution < -0.4 is 0 Å². The summed E-state index contributed by atoms with van der Waals surface area (Å²) in [5.41, 5.74) is 1.44. The molecule has 0 aliphatic carbocycles. The molecule has 1 heterocycles. The van der Waals surface area contributed by atoms with Crippen molar-refractivity contribution in [3.05, 3.63) is 114 Å². The summed E-state index contributed by atoms with van der Waals surface area (Å²) in [7, 11) is 0. The van der Waals surface area contributed by atoms with Gasteiger partial charge in [0, 0.05) is 12.0 Å². The second-order valence-electron chi connectivity index (χ2n) is 6.80. The molecular weight excluding hydrogens is 348 g/mol. The van der Waals surface area contributed by atoms with Gasteiger partial charge in [0.1, 0.15) is 0 Å². The van der Waals surface area contributed by atoms with E-state index in [1.807, 2.05) is 103 Å². The third kappa shape index (κ3) is 3.81. The van der Waals surface area contributed by atoms with Gasteiger partial charge in [0.15, 0.2) is 11.9 Å². The van der Waals surface area contributed by atoms with Crippen LogP contribution in [-0.4, -0.2) is 18.7 Å². The van der Waals surface area contributed by atoms with Crippen LogP contribution in [0.4, 0.5) is 0 Å². The fourth-order valence-electron chi connectivity index (χ4n) is 3.43. The number of Topliss-reactive ketones (excluding diaryl/α,β-unsaturated/α-hetero) is 1. The number of rotatable bonds is 6. The molecule has 3 aromatic rings. The van der Waals surface area contributed by atoms with Crippen LogP contribution in [0.5, 0.6) is 0 Å². The fourth-order valence-corrected chi connectivity index (χ4v) is 3.43. The van der Waals surface area contributed by atoms with Gasteiger partial charge in [-0.25, -0.2) is 0 Å². The van der Waals surface area contributed by atoms with Gasteiger partial charge in [0.25, 0.3) is 0 Å². The monoisotopic (exact) mass is 370 g/mol. The Morgan fingerprint density at radius 3 is 2.18 bits per heavy atom. The number of benzene rings is 3. The Hall–Kier alpha value is -3.01. The highest BCUT2D eigenvalue weighted by molar-refractivity contribution is 6.03. The number of ketones is 1. The summed E-state index contributed by atoms with van der Waals surface area (Å²) in [4.78, 5) is 13.4. The number of hydrogen-bond donors (Lipinski definition) is 0. The second kappa shape index (κ2) is 8.34. The predicted molar refractivity (Wildman–Crippen MR) is 110 cm³/mol. The molecule has 28 heavy (non-hydrogen) atoms. The molecule has 0 saturated carbocycles. The molecule has 3 aromatic carbocycles. The zero-order chi connectivity index (χ0) is 19.2. The molecule has 0 spiro atoms. The van der Waals surface area contributed by atoms with Gasteiger partial charge in [-0.05, 0) is 11.1 Å². The van der Waals surface area contributed by atoms with Crippen LogP contribution in [0.2, 0.25) is 0 Å². The Bertz CT molecular complexity index is 935. The van der Waals surface area contributed by atoms with Crippen LogP contribution >= 0.6 is 0 Å². The van der Waals surface area contributed by atoms with Gasteiger partial charge in [0.05, 0.1) is 6.61 Å². The highest BCUT2D eigenvalue weighted by Crippen LogP contribution is 2.38. The first-order valence-electron chi connectivity index (χ1n) is 9.44. The minimum atomic E-state index is -1.12. The quantitative estimate of drug-likeness (QED) is 0.557. The van der Waals surface area contributed by atoms with Gasteiger partial charge in [-0.1, -0.05) is 103 Å². The largest absolute Gasteiger partial charge is 0.348 e. The number of carbonyl (C=O) groups is 1. The molecule has 140 valence electrons. The number of ether oxygens (including phenoxy) is 2. The van der Waals surface area contributed by atoms with E-state index in [9.17, 15) is 4.79 Å². The summed E-state index contributed by atoms with van der Waals surface area (Å²) in [6, 6.07) is 28.9. The third-order valence-electron chi connectivity index (χ3n) is 4.89. The second-order valence-corrected chi connectivity index (χ2v) is 6.80. The Labute approximate surface area is 165 Å². The van der Waals surface area contributed by atoms with E-state index in [-0.39, 0.29) is 12.4 Å². The molecule has 3 heteroatoms. The lowest BCUT2D eigenvalue weighted by atomic mass is 9.86. The normalized spacial score (nSPS) is 21.8. The zero-order valence-electron chi connectivity index (χ0n) is 15.5. The van der Waals surface area contributed by atoms with E-state index < -0.39 is 11.9 Å². The maximum absolute atomic E-state index is 13.4. The van der Waals surface area contributed by atoms with Crippen LogP contribution in [0.25, 0.3) is 6.08 Å². The van der Waals surface area contributed by atoms with Crippen molar-refractivity contribution in [1.82, 2.24) is 0 Å². The summed E-state index contributed by atoms with van der Waals surface area (Å²) in [5.74, 6) is -0.0751. The smallest absolute Gasteiger partial charge is 0.201 e. The van der Waals surface area contributed by atoms with Crippen molar-refractivity contribution in [2.75, 3.05) is 6.61 Å². The Morgan fingerprint density at radius 2 is 1.50 bits per heavy atom. The maximum atomic E-state index is 13.4. The first kappa shape index (κ1) is 18.4. The number of carbonyl (C=O) groups excluding carboxylic acids is 1. The van der Waals surface area contributed by atoms with Crippen molar-refractivity contribution < 1.29 is 14.3 Å². The third-order valence-corrected chi connectivity index (χ3v) is 4.89. The summed E-state index contributed by atoms with van der Waals surface area (Å²) >= 11 is 0. The molecule has 1 aliphatic rings. The van der Waals surface area contributed by atoms with Crippen molar-refractivity contribution in [2.45, 2.75) is 18.3 Å². The van der Waals surface area contributed by atoms with Crippen molar-refractivity contribution in [3.63, 3.8) is 0 Å². The molecule has 0 amide bonds. The van der Waals surface area contributed by atoms with Crippen molar-refractivity contribution >= 4 is 11.9 Å². The molecule has 0 aromatic heterocycles. The van der Waals surface area contributed by atoms with E-state index >= 15 is 0 Å². The lowest BCUT2D eigenvalue weighted by molar-refractivity contribution is -0.0769. The molecule has 0 N–H and O–H groups in total. The van der Waals surface area contributed by atoms with Crippen molar-refractivity contribution in [3.8, 4) is 0 Å². The van der Waals surface area contributed by atoms with E-state index in [0.29, 0.717) is 12.0 Å². The van der Waals surface area contributed by atoms with Crippen LogP contribution in [-0.2, 0) is 15.1 Å². The highest BCUT2D eigenvalue weighted by atomic mass is 16.7. The lowest BCUT2D eigenvalue weighted by Gasteiger charge is -2.26. The summed E-state index contributed by atoms with van der Waals surface area (Å²) in [6.45, 7) is 0.203. The molecule has 3 nitrogen and oxygen atoms in total. The van der Waals surface area contributed by atoms with E-state index in [2.05, 4.69) is 0 Å². The molecule has 1 aliphatic heterocycles. The van der Waals surface area contributed by atoms with Crippen LogP contribution in [0.1, 0.15) is 27.9 Å². The molecular formula is C25H22O3. The standard InChI is InChI=1S/C25H22O3/c26-24(21-14-6-2-7-15-21)25(22-16-8-3-9-17-22)19-27-23(28-25)18-10-13-20-11-4-1-5-12-20/h1-17,23H,18-19H2/b13-10+. The Morgan fingerprint density at radius 1 is 0.893 bits per heavy atom. The van der Waals surface area contributed by atoms with Crippen molar-refractivity contribution in [1.29, 1.82) is 0 Å². The Kier molecular flexibility index (Phi) is 5.47. The van der Waals surface area contributed by atoms with Gasteiger partial charge < -0.3 is 9.47 Å². The topological polar surface area (TPSA) is 35.5 Å². The minimum absolute atomic E-state index is 0.0751. The summed E-state index contributed by atoms with van der Waals surface area (Å²) in [6.07, 6.45) is 4.17. The molecule has 2 atom stereocenters. The zero-order valence-corrected chi connectivity index (χ0v) is 15.5.